The van der Waals surface area contributed by atoms with Gasteiger partial charge in [-0.1, -0.05) is 0 Å². The van der Waals surface area contributed by atoms with Crippen LogP contribution in [0.2, 0.25) is 0 Å². The van der Waals surface area contributed by atoms with E-state index in [1.807, 2.05) is 22.6 Å². The van der Waals surface area contributed by atoms with Gasteiger partial charge >= 0.3 is 0 Å². The minimum Gasteiger partial charge on any atom is -0.388 e. The van der Waals surface area contributed by atoms with Crippen LogP contribution in [0, 0.1) is 3.83 Å². The summed E-state index contributed by atoms with van der Waals surface area (Å²) in [4.78, 5) is 12.4. The topological polar surface area (TPSA) is 119 Å². The maximum absolute atomic E-state index is 10.00. The molecule has 2 aromatic rings. The zero-order valence-corrected chi connectivity index (χ0v) is 12.1. The molecule has 0 saturated carbocycles. The lowest BCUT2D eigenvalue weighted by Gasteiger charge is -2.16. The van der Waals surface area contributed by atoms with Crippen LogP contribution in [0.1, 0.15) is 13.2 Å². The number of aliphatic hydroxyl groups is 2. The average molecular weight is 377 g/mol. The second-order valence-corrected chi connectivity index (χ2v) is 5.38. The van der Waals surface area contributed by atoms with Gasteiger partial charge in [-0.15, -0.1) is 0 Å². The Labute approximate surface area is 121 Å². The number of nitrogens with zero attached hydrogens (tertiary/aromatic N) is 4. The molecule has 3 heterocycles. The summed E-state index contributed by atoms with van der Waals surface area (Å²) < 4.78 is 7.58. The predicted octanol–water partition coefficient (Wildman–Crippen LogP) is -0.348. The Hall–Kier alpha value is -1.04. The van der Waals surface area contributed by atoms with Crippen LogP contribution in [0.5, 0.6) is 0 Å². The summed E-state index contributed by atoms with van der Waals surface area (Å²) in [7, 11) is 0. The Morgan fingerprint density at radius 3 is 2.74 bits per heavy atom. The summed E-state index contributed by atoms with van der Waals surface area (Å²) in [6.45, 7) is 1.69. The lowest BCUT2D eigenvalue weighted by molar-refractivity contribution is -0.0299. The van der Waals surface area contributed by atoms with Gasteiger partial charge in [0.1, 0.15) is 17.7 Å². The lowest BCUT2D eigenvalue weighted by atomic mass is 10.1. The summed E-state index contributed by atoms with van der Waals surface area (Å²) in [6, 6.07) is 0. The number of nitrogen functional groups attached to an aromatic ring is 1. The second-order valence-electron chi connectivity index (χ2n) is 4.41. The fraction of sp³-hybridized carbons (Fsp3) is 0.500. The second kappa shape index (κ2) is 4.51. The molecule has 4 atom stereocenters. The molecular formula is C10H12IN5O3. The van der Waals surface area contributed by atoms with E-state index in [1.165, 1.54) is 6.33 Å². The fourth-order valence-corrected chi connectivity index (χ4v) is 2.64. The summed E-state index contributed by atoms with van der Waals surface area (Å²) in [6.07, 6.45) is -1.71. The minimum absolute atomic E-state index is 0.272. The van der Waals surface area contributed by atoms with E-state index in [1.54, 1.807) is 11.5 Å². The van der Waals surface area contributed by atoms with Crippen LogP contribution in [0.15, 0.2) is 6.33 Å². The molecule has 1 aliphatic heterocycles. The zero-order chi connectivity index (χ0) is 13.7. The number of halogens is 1. The number of rotatable bonds is 1. The van der Waals surface area contributed by atoms with Crippen LogP contribution in [0.4, 0.5) is 5.82 Å². The third-order valence-corrected chi connectivity index (χ3v) is 3.65. The normalized spacial score (nSPS) is 31.2. The van der Waals surface area contributed by atoms with Crippen molar-refractivity contribution in [2.24, 2.45) is 0 Å². The Kier molecular flexibility index (Phi) is 3.08. The molecule has 8 nitrogen and oxygen atoms in total. The highest BCUT2D eigenvalue weighted by Gasteiger charge is 2.42. The molecule has 3 rings (SSSR count). The zero-order valence-electron chi connectivity index (χ0n) is 9.93. The van der Waals surface area contributed by atoms with Gasteiger partial charge in [0.15, 0.2) is 21.5 Å². The van der Waals surface area contributed by atoms with Gasteiger partial charge in [-0.2, -0.15) is 0 Å². The van der Waals surface area contributed by atoms with E-state index >= 15 is 0 Å². The smallest absolute Gasteiger partial charge is 0.194 e. The van der Waals surface area contributed by atoms with Crippen LogP contribution < -0.4 is 5.73 Å². The number of anilines is 1. The summed E-state index contributed by atoms with van der Waals surface area (Å²) in [5, 5.41) is 19.7. The van der Waals surface area contributed by atoms with Gasteiger partial charge in [-0.05, 0) is 6.92 Å². The molecule has 1 aliphatic rings. The van der Waals surface area contributed by atoms with Gasteiger partial charge in [-0.3, -0.25) is 4.57 Å². The highest BCUT2D eigenvalue weighted by atomic mass is 127. The van der Waals surface area contributed by atoms with Crippen molar-refractivity contribution in [1.82, 2.24) is 19.5 Å². The molecule has 19 heavy (non-hydrogen) atoms. The van der Waals surface area contributed by atoms with Crippen molar-refractivity contribution in [3.05, 3.63) is 10.2 Å². The Morgan fingerprint density at radius 2 is 2.11 bits per heavy atom. The molecule has 0 radical (unpaired) electrons. The van der Waals surface area contributed by atoms with Gasteiger partial charge in [-0.25, -0.2) is 15.0 Å². The number of nitrogens with two attached hydrogens (primary N) is 1. The third kappa shape index (κ3) is 1.96. The maximum Gasteiger partial charge on any atom is 0.194 e. The molecule has 0 aliphatic carbocycles. The minimum atomic E-state index is -1.04. The van der Waals surface area contributed by atoms with Crippen LogP contribution >= 0.6 is 22.6 Å². The van der Waals surface area contributed by atoms with Crippen molar-refractivity contribution >= 4 is 39.6 Å². The number of hydrogen-bond acceptors (Lipinski definition) is 7. The van der Waals surface area contributed by atoms with Crippen molar-refractivity contribution in [3.63, 3.8) is 0 Å². The fourth-order valence-electron chi connectivity index (χ4n) is 2.15. The first kappa shape index (κ1) is 13.0. The molecule has 9 heteroatoms. The summed E-state index contributed by atoms with van der Waals surface area (Å²) in [5.74, 6) is 0.272. The maximum atomic E-state index is 10.00. The third-order valence-electron chi connectivity index (χ3n) is 3.17. The van der Waals surface area contributed by atoms with Gasteiger partial charge in [0, 0.05) is 22.6 Å². The Balaban J connectivity index is 2.11. The highest BCUT2D eigenvalue weighted by molar-refractivity contribution is 14.1. The summed E-state index contributed by atoms with van der Waals surface area (Å²) in [5.41, 5.74) is 6.70. The number of imidazole rings is 1. The standard InChI is InChI=1S/C10H12IN5O3/c1-3-5(17)6(18)9(19-3)16-2-13-4-7(12)14-10(11)15-8(4)16/h2-3,5-6,9,17-18H,1H3,(H2,12,14,15)/t3-,5?,6?,9-/m1/s1. The highest BCUT2D eigenvalue weighted by Crippen LogP contribution is 2.31. The van der Waals surface area contributed by atoms with Crippen LogP contribution in [0.25, 0.3) is 11.2 Å². The monoisotopic (exact) mass is 377 g/mol. The van der Waals surface area contributed by atoms with Crippen molar-refractivity contribution in [3.8, 4) is 0 Å². The summed E-state index contributed by atoms with van der Waals surface area (Å²) >= 11 is 1.95. The molecule has 0 bridgehead atoms. The van der Waals surface area contributed by atoms with Crippen molar-refractivity contribution in [2.45, 2.75) is 31.5 Å². The molecule has 2 aromatic heterocycles. The largest absolute Gasteiger partial charge is 0.388 e. The van der Waals surface area contributed by atoms with E-state index in [-0.39, 0.29) is 5.82 Å². The van der Waals surface area contributed by atoms with Crippen molar-refractivity contribution in [2.75, 3.05) is 5.73 Å². The molecule has 0 aromatic carbocycles. The van der Waals surface area contributed by atoms with E-state index in [4.69, 9.17) is 10.5 Å². The molecular weight excluding hydrogens is 365 g/mol. The molecule has 102 valence electrons. The molecule has 4 N–H and O–H groups in total. The van der Waals surface area contributed by atoms with Gasteiger partial charge < -0.3 is 20.7 Å². The van der Waals surface area contributed by atoms with E-state index in [2.05, 4.69) is 15.0 Å². The molecule has 0 spiro atoms. The number of ether oxygens (including phenoxy) is 1. The first-order valence-corrected chi connectivity index (χ1v) is 6.74. The first-order valence-electron chi connectivity index (χ1n) is 5.66. The number of fused-ring (bicyclic) bond motifs is 1. The number of aliphatic hydroxyl groups excluding tert-OH is 2. The SMILES string of the molecule is C[C@H]1O[C@@H](n2cnc3c(N)nc(I)nc32)C(O)C1O. The number of aromatic nitrogens is 4. The first-order chi connectivity index (χ1) is 8.99. The van der Waals surface area contributed by atoms with Gasteiger partial charge in [0.2, 0.25) is 0 Å². The van der Waals surface area contributed by atoms with E-state index in [9.17, 15) is 10.2 Å². The van der Waals surface area contributed by atoms with Gasteiger partial charge in [0.25, 0.3) is 0 Å². The van der Waals surface area contributed by atoms with E-state index < -0.39 is 24.5 Å². The molecule has 2 unspecified atom stereocenters. The molecule has 1 saturated heterocycles. The van der Waals surface area contributed by atoms with Crippen LogP contribution in [-0.4, -0.2) is 48.0 Å². The van der Waals surface area contributed by atoms with Crippen LogP contribution in [-0.2, 0) is 4.74 Å². The average Bonchev–Trinajstić information content (AvgIpc) is 2.86. The van der Waals surface area contributed by atoms with Gasteiger partial charge in [0.05, 0.1) is 12.4 Å². The van der Waals surface area contributed by atoms with Crippen molar-refractivity contribution < 1.29 is 14.9 Å². The Bertz CT molecular complexity index is 633. The van der Waals surface area contributed by atoms with Crippen molar-refractivity contribution in [1.29, 1.82) is 0 Å². The van der Waals surface area contributed by atoms with Crippen LogP contribution in [0.3, 0.4) is 0 Å². The Morgan fingerprint density at radius 1 is 1.37 bits per heavy atom. The lowest BCUT2D eigenvalue weighted by Crippen LogP contribution is -2.30. The molecule has 0 amide bonds. The number of hydrogen-bond donors (Lipinski definition) is 3. The van der Waals surface area contributed by atoms with E-state index in [0.29, 0.717) is 15.0 Å². The quantitative estimate of drug-likeness (QED) is 0.459. The van der Waals surface area contributed by atoms with E-state index in [0.717, 1.165) is 0 Å². The predicted molar refractivity (Wildman–Crippen MR) is 74.1 cm³/mol. The molecule has 1 fully saturated rings.